The van der Waals surface area contributed by atoms with Crippen molar-refractivity contribution >= 4 is 66.7 Å². The van der Waals surface area contributed by atoms with Gasteiger partial charge in [-0.1, -0.05) is 63.9 Å². The number of ketones is 1. The molecule has 7 nitrogen and oxygen atoms in total. The Morgan fingerprint density at radius 2 is 1.86 bits per heavy atom. The molecule has 1 atom stereocenters. The number of anilines is 1. The summed E-state index contributed by atoms with van der Waals surface area (Å²) in [6.45, 7) is 0.201. The summed E-state index contributed by atoms with van der Waals surface area (Å²) in [6.07, 6.45) is 3.27. The Morgan fingerprint density at radius 1 is 1.08 bits per heavy atom. The third kappa shape index (κ3) is 4.61. The molecule has 2 N–H and O–H groups in total. The van der Waals surface area contributed by atoms with Crippen LogP contribution in [-0.4, -0.2) is 27.6 Å². The predicted octanol–water partition coefficient (Wildman–Crippen LogP) is 5.84. The van der Waals surface area contributed by atoms with Crippen LogP contribution in [0.5, 0.6) is 0 Å². The molecule has 0 radical (unpaired) electrons. The van der Waals surface area contributed by atoms with Crippen molar-refractivity contribution in [1.29, 1.82) is 0 Å². The van der Waals surface area contributed by atoms with Crippen LogP contribution in [-0.2, 0) is 16.1 Å². The zero-order valence-electron chi connectivity index (χ0n) is 18.5. The van der Waals surface area contributed by atoms with E-state index in [0.29, 0.717) is 25.2 Å². The van der Waals surface area contributed by atoms with Gasteiger partial charge in [-0.2, -0.15) is 0 Å². The predicted molar refractivity (Wildman–Crippen MR) is 144 cm³/mol. The minimum absolute atomic E-state index is 0.201. The number of H-pyrrole nitrogens is 1. The Hall–Kier alpha value is -3.27. The Kier molecular flexibility index (Phi) is 6.79. The Bertz CT molecular complexity index is 1490. The first-order valence-electron chi connectivity index (χ1n) is 10.8. The number of aromatic nitrogens is 2. The second kappa shape index (κ2) is 10.0. The van der Waals surface area contributed by atoms with Gasteiger partial charge in [0.1, 0.15) is 6.04 Å². The number of benzene rings is 3. The van der Waals surface area contributed by atoms with Crippen LogP contribution >= 0.6 is 43.5 Å². The van der Waals surface area contributed by atoms with Crippen LogP contribution in [0.4, 0.5) is 5.69 Å². The van der Waals surface area contributed by atoms with Crippen molar-refractivity contribution in [3.63, 3.8) is 0 Å². The average Bonchev–Trinajstić information content (AvgIpc) is 3.48. The standard InChI is InChI=1S/C26H17Br2ClN4O3/c27-17-9-19-23(20(28)10-17)33(26(36)24(19)34)22(25(35)31-11-14-2-1-3-18(29)8-14)16-6-4-15(5-7-16)21-12-30-13-32-21/h1-10,12-13,22H,11H2,(H,30,32)(H,31,35). The number of carbonyl (C=O) groups excluding carboxylic acids is 3. The van der Waals surface area contributed by atoms with Gasteiger partial charge in [0.25, 0.3) is 5.78 Å². The van der Waals surface area contributed by atoms with Gasteiger partial charge in [0, 0.05) is 20.5 Å². The van der Waals surface area contributed by atoms with Gasteiger partial charge in [0.15, 0.2) is 0 Å². The normalized spacial score (nSPS) is 13.6. The fourth-order valence-corrected chi connectivity index (χ4v) is 5.79. The monoisotopic (exact) mass is 626 g/mol. The van der Waals surface area contributed by atoms with Gasteiger partial charge in [-0.05, 0) is 56.9 Å². The summed E-state index contributed by atoms with van der Waals surface area (Å²) < 4.78 is 1.16. The van der Waals surface area contributed by atoms with Gasteiger partial charge >= 0.3 is 5.91 Å². The van der Waals surface area contributed by atoms with Gasteiger partial charge in [0.2, 0.25) is 5.91 Å². The van der Waals surface area contributed by atoms with E-state index in [2.05, 4.69) is 47.1 Å². The van der Waals surface area contributed by atoms with Crippen LogP contribution in [0.2, 0.25) is 5.02 Å². The lowest BCUT2D eigenvalue weighted by atomic mass is 10.0. The summed E-state index contributed by atoms with van der Waals surface area (Å²) in [5.41, 5.74) is 3.61. The minimum atomic E-state index is -1.09. The van der Waals surface area contributed by atoms with Crippen LogP contribution in [0.25, 0.3) is 11.3 Å². The van der Waals surface area contributed by atoms with Crippen LogP contribution < -0.4 is 10.2 Å². The van der Waals surface area contributed by atoms with E-state index in [-0.39, 0.29) is 12.1 Å². The molecule has 1 aliphatic heterocycles. The van der Waals surface area contributed by atoms with E-state index in [1.165, 1.54) is 4.90 Å². The van der Waals surface area contributed by atoms with Crippen LogP contribution in [0.1, 0.15) is 27.5 Å². The number of carbonyl (C=O) groups is 3. The Balaban J connectivity index is 1.55. The summed E-state index contributed by atoms with van der Waals surface area (Å²) in [5, 5.41) is 3.45. The fraction of sp³-hybridized carbons (Fsp3) is 0.0769. The number of rotatable bonds is 6. The molecule has 3 aromatic carbocycles. The molecular weight excluding hydrogens is 612 g/mol. The maximum Gasteiger partial charge on any atom is 0.300 e. The lowest BCUT2D eigenvalue weighted by molar-refractivity contribution is -0.125. The van der Waals surface area contributed by atoms with E-state index in [1.54, 1.807) is 55.0 Å². The van der Waals surface area contributed by atoms with E-state index >= 15 is 0 Å². The Morgan fingerprint density at radius 3 is 2.56 bits per heavy atom. The largest absolute Gasteiger partial charge is 0.350 e. The van der Waals surface area contributed by atoms with Crippen molar-refractivity contribution in [2.45, 2.75) is 12.6 Å². The lowest BCUT2D eigenvalue weighted by Crippen LogP contribution is -2.43. The number of halogens is 3. The molecule has 0 aliphatic carbocycles. The van der Waals surface area contributed by atoms with Gasteiger partial charge in [-0.15, -0.1) is 0 Å². The molecule has 0 bridgehead atoms. The number of hydrogen-bond donors (Lipinski definition) is 2. The summed E-state index contributed by atoms with van der Waals surface area (Å²) in [5.74, 6) is -1.88. The number of nitrogens with one attached hydrogen (secondary N) is 2. The van der Waals surface area contributed by atoms with E-state index in [9.17, 15) is 14.4 Å². The van der Waals surface area contributed by atoms with E-state index in [4.69, 9.17) is 11.6 Å². The third-order valence-electron chi connectivity index (χ3n) is 5.82. The first-order chi connectivity index (χ1) is 17.3. The highest BCUT2D eigenvalue weighted by atomic mass is 79.9. The molecule has 0 fully saturated rings. The van der Waals surface area contributed by atoms with Crippen molar-refractivity contribution in [3.8, 4) is 11.3 Å². The van der Waals surface area contributed by atoms with Crippen LogP contribution in [0, 0.1) is 0 Å². The number of aromatic amines is 1. The minimum Gasteiger partial charge on any atom is -0.350 e. The first-order valence-corrected chi connectivity index (χ1v) is 12.8. The quantitative estimate of drug-likeness (QED) is 0.262. The van der Waals surface area contributed by atoms with Crippen LogP contribution in [0.3, 0.4) is 0 Å². The zero-order valence-corrected chi connectivity index (χ0v) is 22.4. The van der Waals surface area contributed by atoms with Crippen molar-refractivity contribution in [2.24, 2.45) is 0 Å². The summed E-state index contributed by atoms with van der Waals surface area (Å²) in [4.78, 5) is 48.1. The van der Waals surface area contributed by atoms with E-state index in [0.717, 1.165) is 16.8 Å². The molecule has 5 rings (SSSR count). The number of nitrogens with zero attached hydrogens (tertiary/aromatic N) is 2. The third-order valence-corrected chi connectivity index (χ3v) is 7.12. The molecule has 1 unspecified atom stereocenters. The van der Waals surface area contributed by atoms with Crippen LogP contribution in [0.15, 0.2) is 82.1 Å². The molecule has 2 amide bonds. The number of imidazole rings is 1. The molecule has 180 valence electrons. The second-order valence-electron chi connectivity index (χ2n) is 8.13. The van der Waals surface area contributed by atoms with E-state index < -0.39 is 23.6 Å². The second-order valence-corrected chi connectivity index (χ2v) is 10.3. The molecule has 1 aromatic heterocycles. The molecule has 1 aliphatic rings. The van der Waals surface area contributed by atoms with E-state index in [1.807, 2.05) is 18.2 Å². The molecule has 36 heavy (non-hydrogen) atoms. The van der Waals surface area contributed by atoms with Gasteiger partial charge < -0.3 is 10.3 Å². The fourth-order valence-electron chi connectivity index (χ4n) is 4.17. The SMILES string of the molecule is O=C1C(=O)N(C(C(=O)NCc2cccc(Cl)c2)c2ccc(-c3cnc[nH]3)cc2)c2c(Br)cc(Br)cc21. The number of hydrogen-bond acceptors (Lipinski definition) is 4. The summed E-state index contributed by atoms with van der Waals surface area (Å²) in [6, 6.07) is 16.6. The highest BCUT2D eigenvalue weighted by Crippen LogP contribution is 2.43. The topological polar surface area (TPSA) is 95.2 Å². The van der Waals surface area contributed by atoms with Crippen molar-refractivity contribution < 1.29 is 14.4 Å². The lowest BCUT2D eigenvalue weighted by Gasteiger charge is -2.28. The highest BCUT2D eigenvalue weighted by molar-refractivity contribution is 9.11. The zero-order chi connectivity index (χ0) is 25.4. The van der Waals surface area contributed by atoms with Gasteiger partial charge in [-0.25, -0.2) is 4.98 Å². The van der Waals surface area contributed by atoms with Gasteiger partial charge in [0.05, 0.1) is 29.5 Å². The maximum absolute atomic E-state index is 13.7. The number of fused-ring (bicyclic) bond motifs is 1. The van der Waals surface area contributed by atoms with Crippen molar-refractivity contribution in [2.75, 3.05) is 4.90 Å². The molecule has 0 saturated carbocycles. The van der Waals surface area contributed by atoms with Crippen molar-refractivity contribution in [3.05, 3.63) is 104 Å². The first kappa shape index (κ1) is 24.4. The highest BCUT2D eigenvalue weighted by Gasteiger charge is 2.44. The molecule has 2 heterocycles. The average molecular weight is 629 g/mol. The molecule has 0 saturated heterocycles. The van der Waals surface area contributed by atoms with Crippen molar-refractivity contribution in [1.82, 2.24) is 15.3 Å². The smallest absolute Gasteiger partial charge is 0.300 e. The molecule has 10 heteroatoms. The summed E-state index contributed by atoms with van der Waals surface area (Å²) >= 11 is 12.9. The Labute approximate surface area is 228 Å². The molecule has 4 aromatic rings. The van der Waals surface area contributed by atoms with Gasteiger partial charge in [-0.3, -0.25) is 19.3 Å². The number of amides is 2. The molecular formula is C26H17Br2ClN4O3. The summed E-state index contributed by atoms with van der Waals surface area (Å²) in [7, 11) is 0. The molecule has 0 spiro atoms. The number of Topliss-reactive ketones (excluding diaryl/α,β-unsaturated/α-hetero) is 1. The maximum atomic E-state index is 13.7.